The molecule has 0 spiro atoms. The number of aromatic nitrogens is 2. The van der Waals surface area contributed by atoms with E-state index >= 15 is 0 Å². The lowest BCUT2D eigenvalue weighted by Gasteiger charge is -2.16. The first-order chi connectivity index (χ1) is 16.4. The number of nitrogens with zero attached hydrogens (tertiary/aromatic N) is 1. The Morgan fingerprint density at radius 2 is 1.59 bits per heavy atom. The zero-order valence-corrected chi connectivity index (χ0v) is 21.0. The molecule has 1 N–H and O–H groups in total. The van der Waals surface area contributed by atoms with Crippen molar-refractivity contribution >= 4 is 5.97 Å². The number of esters is 1. The second-order valence-electron chi connectivity index (χ2n) is 9.54. The molecule has 194 valence electrons. The number of alkyl halides is 1. The number of ether oxygens (including phenoxy) is 2. The van der Waals surface area contributed by atoms with Gasteiger partial charge in [-0.25, -0.2) is 9.18 Å². The number of rotatable bonds is 17. The molecule has 0 radical (unpaired) electrons. The van der Waals surface area contributed by atoms with E-state index < -0.39 is 29.8 Å². The van der Waals surface area contributed by atoms with Gasteiger partial charge in [0.25, 0.3) is 5.56 Å². The van der Waals surface area contributed by atoms with Crippen LogP contribution >= 0.6 is 0 Å². The summed E-state index contributed by atoms with van der Waals surface area (Å²) in [7, 11) is 0. The van der Waals surface area contributed by atoms with Crippen LogP contribution in [-0.4, -0.2) is 34.4 Å². The molecule has 0 aliphatic carbocycles. The minimum absolute atomic E-state index is 0.0353. The molecule has 1 fully saturated rings. The highest BCUT2D eigenvalue weighted by molar-refractivity contribution is 5.69. The Bertz CT molecular complexity index is 837. The van der Waals surface area contributed by atoms with Gasteiger partial charge in [0, 0.05) is 24.6 Å². The topological polar surface area (TPSA) is 90.4 Å². The molecule has 0 bridgehead atoms. The van der Waals surface area contributed by atoms with Crippen molar-refractivity contribution in [2.75, 3.05) is 6.61 Å². The lowest BCUT2D eigenvalue weighted by atomic mass is 10.0. The average molecular weight is 483 g/mol. The molecule has 3 atom stereocenters. The molecular weight excluding hydrogens is 439 g/mol. The number of H-pyrrole nitrogens is 1. The van der Waals surface area contributed by atoms with Crippen molar-refractivity contribution in [3.05, 3.63) is 32.6 Å². The Morgan fingerprint density at radius 1 is 1.03 bits per heavy atom. The van der Waals surface area contributed by atoms with Crippen LogP contribution < -0.4 is 11.2 Å². The van der Waals surface area contributed by atoms with Crippen molar-refractivity contribution < 1.29 is 18.7 Å². The van der Waals surface area contributed by atoms with Crippen LogP contribution in [0.5, 0.6) is 0 Å². The van der Waals surface area contributed by atoms with Crippen LogP contribution in [0.25, 0.3) is 0 Å². The van der Waals surface area contributed by atoms with Crippen molar-refractivity contribution in [3.63, 3.8) is 0 Å². The summed E-state index contributed by atoms with van der Waals surface area (Å²) in [5.41, 5.74) is -0.783. The number of carbonyl (C=O) groups is 1. The Kier molecular flexibility index (Phi) is 13.2. The maximum atomic E-state index is 14.4. The molecule has 1 aromatic rings. The highest BCUT2D eigenvalue weighted by Crippen LogP contribution is 2.30. The van der Waals surface area contributed by atoms with Crippen molar-refractivity contribution in [1.82, 2.24) is 9.55 Å². The van der Waals surface area contributed by atoms with Crippen LogP contribution in [0.1, 0.15) is 115 Å². The zero-order chi connectivity index (χ0) is 24.8. The molecule has 0 amide bonds. The van der Waals surface area contributed by atoms with Gasteiger partial charge in [-0.05, 0) is 13.3 Å². The van der Waals surface area contributed by atoms with Gasteiger partial charge in [0.1, 0.15) is 25.1 Å². The van der Waals surface area contributed by atoms with E-state index in [2.05, 4.69) is 11.9 Å². The largest absolute Gasteiger partial charge is 0.463 e. The molecule has 1 aromatic heterocycles. The first-order valence-corrected chi connectivity index (χ1v) is 13.2. The number of hydrogen-bond donors (Lipinski definition) is 1. The van der Waals surface area contributed by atoms with Crippen LogP contribution in [0.2, 0.25) is 0 Å². The lowest BCUT2D eigenvalue weighted by Crippen LogP contribution is -2.33. The Balaban J connectivity index is 1.51. The van der Waals surface area contributed by atoms with Gasteiger partial charge in [0.15, 0.2) is 0 Å². The van der Waals surface area contributed by atoms with E-state index in [1.165, 1.54) is 75.0 Å². The summed E-state index contributed by atoms with van der Waals surface area (Å²) in [5, 5.41) is 0. The molecule has 1 aliphatic heterocycles. The van der Waals surface area contributed by atoms with E-state index in [1.54, 1.807) is 6.92 Å². The Hall–Kier alpha value is -1.96. The highest BCUT2D eigenvalue weighted by Gasteiger charge is 2.37. The first-order valence-electron chi connectivity index (χ1n) is 13.2. The fraction of sp³-hybridized carbons (Fsp3) is 0.808. The fourth-order valence-corrected chi connectivity index (χ4v) is 4.34. The molecule has 0 saturated carbocycles. The van der Waals surface area contributed by atoms with Crippen molar-refractivity contribution in [2.24, 2.45) is 0 Å². The van der Waals surface area contributed by atoms with Crippen LogP contribution in [0.15, 0.2) is 15.8 Å². The molecular formula is C26H43FN2O5. The molecule has 2 rings (SSSR count). The maximum Gasteiger partial charge on any atom is 0.330 e. The monoisotopic (exact) mass is 482 g/mol. The third-order valence-corrected chi connectivity index (χ3v) is 6.51. The second kappa shape index (κ2) is 15.8. The normalized spacial score (nSPS) is 20.0. The summed E-state index contributed by atoms with van der Waals surface area (Å²) in [4.78, 5) is 37.7. The van der Waals surface area contributed by atoms with Gasteiger partial charge >= 0.3 is 11.7 Å². The van der Waals surface area contributed by atoms with Gasteiger partial charge in [0.05, 0.1) is 0 Å². The van der Waals surface area contributed by atoms with Crippen molar-refractivity contribution in [3.8, 4) is 0 Å². The van der Waals surface area contributed by atoms with E-state index in [4.69, 9.17) is 9.47 Å². The van der Waals surface area contributed by atoms with Gasteiger partial charge in [-0.3, -0.25) is 19.1 Å². The summed E-state index contributed by atoms with van der Waals surface area (Å²) < 4.78 is 26.3. The predicted octanol–water partition coefficient (Wildman–Crippen LogP) is 5.50. The van der Waals surface area contributed by atoms with E-state index in [-0.39, 0.29) is 19.0 Å². The number of unbranched alkanes of at least 4 members (excludes halogenated alkanes) is 12. The number of carbonyl (C=O) groups excluding carboxylic acids is 1. The number of halogens is 1. The third kappa shape index (κ3) is 10.1. The minimum Gasteiger partial charge on any atom is -0.463 e. The molecule has 1 aliphatic rings. The molecule has 2 heterocycles. The van der Waals surface area contributed by atoms with E-state index in [9.17, 15) is 18.8 Å². The van der Waals surface area contributed by atoms with E-state index in [1.807, 2.05) is 0 Å². The van der Waals surface area contributed by atoms with Gasteiger partial charge in [-0.2, -0.15) is 0 Å². The van der Waals surface area contributed by atoms with Gasteiger partial charge in [0.2, 0.25) is 0 Å². The highest BCUT2D eigenvalue weighted by atomic mass is 19.1. The number of aromatic amines is 1. The predicted molar refractivity (Wildman–Crippen MR) is 131 cm³/mol. The van der Waals surface area contributed by atoms with Crippen LogP contribution in [0, 0.1) is 6.92 Å². The Morgan fingerprint density at radius 3 is 2.18 bits per heavy atom. The summed E-state index contributed by atoms with van der Waals surface area (Å²) in [6.07, 6.45) is 14.6. The standard InChI is InChI=1S/C26H43FN2O5/c1-3-4-5-6-7-8-9-10-11-12-13-14-15-16-24(30)33-19-22-21(27)17-23(34-22)29-18-20(2)25(31)28-26(29)32/h18,21-23H,3-17,19H2,1-2H3,(H,28,31,32)/t21-,22+,23+/m0/s1. The summed E-state index contributed by atoms with van der Waals surface area (Å²) in [6.45, 7) is 3.63. The smallest absolute Gasteiger partial charge is 0.330 e. The number of aryl methyl sites for hydroxylation is 1. The summed E-state index contributed by atoms with van der Waals surface area (Å²) >= 11 is 0. The first kappa shape index (κ1) is 28.3. The summed E-state index contributed by atoms with van der Waals surface area (Å²) in [5.74, 6) is -0.348. The van der Waals surface area contributed by atoms with Crippen LogP contribution in [0.4, 0.5) is 4.39 Å². The van der Waals surface area contributed by atoms with E-state index in [0.29, 0.717) is 12.0 Å². The average Bonchev–Trinajstić information content (AvgIpc) is 3.18. The van der Waals surface area contributed by atoms with Gasteiger partial charge < -0.3 is 9.47 Å². The third-order valence-electron chi connectivity index (χ3n) is 6.51. The fourth-order valence-electron chi connectivity index (χ4n) is 4.34. The maximum absolute atomic E-state index is 14.4. The molecule has 34 heavy (non-hydrogen) atoms. The van der Waals surface area contributed by atoms with Crippen molar-refractivity contribution in [2.45, 2.75) is 129 Å². The lowest BCUT2D eigenvalue weighted by molar-refractivity contribution is -0.149. The van der Waals surface area contributed by atoms with Crippen LogP contribution in [-0.2, 0) is 14.3 Å². The SMILES string of the molecule is CCCCCCCCCCCCCCCC(=O)OC[C@H]1O[C@@H](n2cc(C)c(=O)[nH]c2=O)C[C@@H]1F. The molecule has 0 unspecified atom stereocenters. The zero-order valence-electron chi connectivity index (χ0n) is 21.0. The molecule has 7 nitrogen and oxygen atoms in total. The molecule has 0 aromatic carbocycles. The number of nitrogens with one attached hydrogen (secondary N) is 1. The van der Waals surface area contributed by atoms with Crippen LogP contribution in [0.3, 0.4) is 0 Å². The second-order valence-corrected chi connectivity index (χ2v) is 9.54. The van der Waals surface area contributed by atoms with Gasteiger partial charge in [-0.1, -0.05) is 84.0 Å². The molecule has 8 heteroatoms. The molecule has 1 saturated heterocycles. The van der Waals surface area contributed by atoms with Gasteiger partial charge in [-0.15, -0.1) is 0 Å². The quantitative estimate of drug-likeness (QED) is 0.234. The summed E-state index contributed by atoms with van der Waals surface area (Å²) in [6, 6.07) is 0. The van der Waals surface area contributed by atoms with Crippen molar-refractivity contribution in [1.29, 1.82) is 0 Å². The number of hydrogen-bond acceptors (Lipinski definition) is 5. The Labute approximate surface area is 202 Å². The van der Waals surface area contributed by atoms with E-state index in [0.717, 1.165) is 19.3 Å². The minimum atomic E-state index is -1.35.